The average molecular weight is 287 g/mol. The van der Waals surface area contributed by atoms with Gasteiger partial charge in [0.2, 0.25) is 0 Å². The van der Waals surface area contributed by atoms with Gasteiger partial charge < -0.3 is 4.74 Å². The zero-order valence-corrected chi connectivity index (χ0v) is 11.3. The number of alkyl halides is 1. The number of rotatable bonds is 2. The number of hydrogen-bond acceptors (Lipinski definition) is 2. The summed E-state index contributed by atoms with van der Waals surface area (Å²) < 4.78 is 5.65. The van der Waals surface area contributed by atoms with Gasteiger partial charge in [-0.05, 0) is 49.9 Å². The topological polar surface area (TPSA) is 26.3 Å². The molecule has 0 amide bonds. The lowest BCUT2D eigenvalue weighted by atomic mass is 9.49. The van der Waals surface area contributed by atoms with Crippen molar-refractivity contribution in [2.75, 3.05) is 5.33 Å². The highest BCUT2D eigenvalue weighted by molar-refractivity contribution is 9.09. The molecule has 4 rings (SSSR count). The van der Waals surface area contributed by atoms with Crippen LogP contribution in [-0.4, -0.2) is 17.4 Å². The monoisotopic (exact) mass is 286 g/mol. The summed E-state index contributed by atoms with van der Waals surface area (Å²) in [5.41, 5.74) is 0.264. The van der Waals surface area contributed by atoms with Crippen LogP contribution >= 0.6 is 15.9 Å². The summed E-state index contributed by atoms with van der Waals surface area (Å²) in [6.07, 6.45) is 6.74. The molecule has 0 aromatic rings. The Labute approximate surface area is 105 Å². The van der Waals surface area contributed by atoms with E-state index in [4.69, 9.17) is 4.74 Å². The van der Waals surface area contributed by atoms with Gasteiger partial charge >= 0.3 is 5.97 Å². The summed E-state index contributed by atoms with van der Waals surface area (Å²) in [4.78, 5) is 11.3. The molecule has 16 heavy (non-hydrogen) atoms. The van der Waals surface area contributed by atoms with Gasteiger partial charge in [-0.15, -0.1) is 0 Å². The Hall–Kier alpha value is -0.0500. The molecule has 4 saturated carbocycles. The molecule has 90 valence electrons. The lowest BCUT2D eigenvalue weighted by Gasteiger charge is -2.59. The minimum absolute atomic E-state index is 0.0993. The number of hydrogen-bond donors (Lipinski definition) is 0. The van der Waals surface area contributed by atoms with Gasteiger partial charge in [0, 0.05) is 17.7 Å². The molecule has 0 saturated heterocycles. The number of carbonyl (C=O) groups is 1. The predicted molar refractivity (Wildman–Crippen MR) is 65.3 cm³/mol. The minimum Gasteiger partial charge on any atom is -0.462 e. The van der Waals surface area contributed by atoms with Crippen LogP contribution in [0, 0.1) is 23.2 Å². The van der Waals surface area contributed by atoms with E-state index < -0.39 is 0 Å². The van der Waals surface area contributed by atoms with Crippen molar-refractivity contribution in [2.45, 2.75) is 45.1 Å². The maximum atomic E-state index is 11.3. The van der Waals surface area contributed by atoms with Crippen molar-refractivity contribution < 1.29 is 9.53 Å². The first kappa shape index (κ1) is 11.1. The highest BCUT2D eigenvalue weighted by Gasteiger charge is 2.58. The lowest BCUT2D eigenvalue weighted by molar-refractivity contribution is -0.186. The molecule has 3 heteroatoms. The van der Waals surface area contributed by atoms with Crippen LogP contribution in [0.2, 0.25) is 0 Å². The van der Waals surface area contributed by atoms with Gasteiger partial charge in [0.15, 0.2) is 0 Å². The molecular formula is C13H19BrO2. The Balaban J connectivity index is 1.89. The van der Waals surface area contributed by atoms with Crippen LogP contribution in [-0.2, 0) is 9.53 Å². The van der Waals surface area contributed by atoms with Crippen molar-refractivity contribution in [1.82, 2.24) is 0 Å². The van der Waals surface area contributed by atoms with E-state index in [0.29, 0.717) is 5.92 Å². The first-order chi connectivity index (χ1) is 7.63. The number of carbonyl (C=O) groups excluding carboxylic acids is 1. The molecule has 3 unspecified atom stereocenters. The minimum atomic E-state index is -0.0993. The Bertz CT molecular complexity index is 301. The smallest absolute Gasteiger partial charge is 0.302 e. The highest BCUT2D eigenvalue weighted by Crippen LogP contribution is 2.61. The lowest BCUT2D eigenvalue weighted by Crippen LogP contribution is -2.58. The van der Waals surface area contributed by atoms with Crippen molar-refractivity contribution in [3.63, 3.8) is 0 Å². The van der Waals surface area contributed by atoms with Crippen molar-refractivity contribution >= 4 is 21.9 Å². The molecule has 0 radical (unpaired) electrons. The van der Waals surface area contributed by atoms with Crippen LogP contribution in [0.3, 0.4) is 0 Å². The van der Waals surface area contributed by atoms with Gasteiger partial charge in [0.05, 0.1) is 0 Å². The van der Waals surface area contributed by atoms with Crippen LogP contribution in [0.25, 0.3) is 0 Å². The quantitative estimate of drug-likeness (QED) is 0.576. The molecule has 0 spiro atoms. The van der Waals surface area contributed by atoms with Gasteiger partial charge in [-0.1, -0.05) is 15.9 Å². The molecule has 4 bridgehead atoms. The predicted octanol–water partition coefficient (Wildman–Crippen LogP) is 3.14. The first-order valence-corrected chi connectivity index (χ1v) is 7.48. The summed E-state index contributed by atoms with van der Waals surface area (Å²) in [6.45, 7) is 1.55. The largest absolute Gasteiger partial charge is 0.462 e. The molecule has 0 aromatic heterocycles. The SMILES string of the molecule is CC(=O)OC1C2C[C@@H]3C[C@H](C2)CC1(CBr)C3. The zero-order valence-electron chi connectivity index (χ0n) is 9.75. The fourth-order valence-corrected chi connectivity index (χ4v) is 5.52. The molecule has 0 heterocycles. The van der Waals surface area contributed by atoms with Gasteiger partial charge in [-0.25, -0.2) is 0 Å². The van der Waals surface area contributed by atoms with Gasteiger partial charge in [-0.2, -0.15) is 0 Å². The summed E-state index contributed by atoms with van der Waals surface area (Å²) in [6, 6.07) is 0. The fraction of sp³-hybridized carbons (Fsp3) is 0.923. The van der Waals surface area contributed by atoms with Crippen molar-refractivity contribution in [1.29, 1.82) is 0 Å². The molecule has 0 aromatic carbocycles. The molecule has 4 aliphatic rings. The van der Waals surface area contributed by atoms with Crippen LogP contribution in [0.15, 0.2) is 0 Å². The number of halogens is 1. The van der Waals surface area contributed by atoms with E-state index in [1.807, 2.05) is 0 Å². The summed E-state index contributed by atoms with van der Waals surface area (Å²) >= 11 is 3.68. The third-order valence-corrected chi connectivity index (χ3v) is 6.04. The standard InChI is InChI=1S/C13H19BrO2/c1-8(15)16-12-11-3-9-2-10(4-11)6-13(12,5-9)7-14/h9-12H,2-7H2,1H3/t9-,10+,11?,12?,13?. The van der Waals surface area contributed by atoms with Crippen molar-refractivity contribution in [2.24, 2.45) is 23.2 Å². The van der Waals surface area contributed by atoms with Gasteiger partial charge in [-0.3, -0.25) is 4.79 Å². The number of ether oxygens (including phenoxy) is 1. The Morgan fingerprint density at radius 3 is 2.44 bits per heavy atom. The summed E-state index contributed by atoms with van der Waals surface area (Å²) in [7, 11) is 0. The normalized spacial score (nSPS) is 49.4. The Kier molecular flexibility index (Phi) is 2.58. The molecule has 0 N–H and O–H groups in total. The van der Waals surface area contributed by atoms with E-state index in [-0.39, 0.29) is 17.5 Å². The van der Waals surface area contributed by atoms with E-state index in [1.165, 1.54) is 32.1 Å². The molecule has 0 aliphatic heterocycles. The second-order valence-corrected chi connectivity index (χ2v) is 6.69. The van der Waals surface area contributed by atoms with E-state index in [2.05, 4.69) is 15.9 Å². The Morgan fingerprint density at radius 2 is 1.94 bits per heavy atom. The van der Waals surface area contributed by atoms with Gasteiger partial charge in [0.25, 0.3) is 0 Å². The fourth-order valence-electron chi connectivity index (χ4n) is 4.75. The second kappa shape index (κ2) is 3.72. The zero-order chi connectivity index (χ0) is 11.3. The number of esters is 1. The van der Waals surface area contributed by atoms with Crippen molar-refractivity contribution in [3.8, 4) is 0 Å². The van der Waals surface area contributed by atoms with Crippen molar-refractivity contribution in [3.05, 3.63) is 0 Å². The van der Waals surface area contributed by atoms with Crippen LogP contribution < -0.4 is 0 Å². The average Bonchev–Trinajstić information content (AvgIpc) is 2.22. The first-order valence-electron chi connectivity index (χ1n) is 6.36. The van der Waals surface area contributed by atoms with Crippen LogP contribution in [0.1, 0.15) is 39.0 Å². The van der Waals surface area contributed by atoms with Crippen LogP contribution in [0.5, 0.6) is 0 Å². The van der Waals surface area contributed by atoms with E-state index in [1.54, 1.807) is 6.92 Å². The highest BCUT2D eigenvalue weighted by atomic mass is 79.9. The molecular weight excluding hydrogens is 268 g/mol. The summed E-state index contributed by atoms with van der Waals surface area (Å²) in [5.74, 6) is 2.36. The van der Waals surface area contributed by atoms with E-state index in [0.717, 1.165) is 17.2 Å². The molecule has 5 atom stereocenters. The molecule has 4 aliphatic carbocycles. The van der Waals surface area contributed by atoms with Gasteiger partial charge in [0.1, 0.15) is 6.10 Å². The van der Waals surface area contributed by atoms with E-state index in [9.17, 15) is 4.79 Å². The van der Waals surface area contributed by atoms with Crippen LogP contribution in [0.4, 0.5) is 0 Å². The second-order valence-electron chi connectivity index (χ2n) is 6.13. The van der Waals surface area contributed by atoms with E-state index >= 15 is 0 Å². The molecule has 2 nitrogen and oxygen atoms in total. The maximum absolute atomic E-state index is 11.3. The Morgan fingerprint density at radius 1 is 1.31 bits per heavy atom. The third-order valence-electron chi connectivity index (χ3n) is 4.92. The maximum Gasteiger partial charge on any atom is 0.302 e. The molecule has 4 fully saturated rings. The summed E-state index contributed by atoms with van der Waals surface area (Å²) in [5, 5.41) is 1.00. The third kappa shape index (κ3) is 1.54.